The van der Waals surface area contributed by atoms with Crippen LogP contribution in [0.25, 0.3) is 0 Å². The number of benzene rings is 1. The highest BCUT2D eigenvalue weighted by Crippen LogP contribution is 2.33. The van der Waals surface area contributed by atoms with Gasteiger partial charge in [0.25, 0.3) is 20.2 Å². The van der Waals surface area contributed by atoms with E-state index in [1.807, 2.05) is 12.1 Å². The van der Waals surface area contributed by atoms with Crippen LogP contribution >= 0.6 is 0 Å². The van der Waals surface area contributed by atoms with Gasteiger partial charge in [-0.3, -0.25) is 9.11 Å². The largest absolute Gasteiger partial charge is 0.480 e. The van der Waals surface area contributed by atoms with Gasteiger partial charge in [-0.25, -0.2) is 0 Å². The van der Waals surface area contributed by atoms with Crippen molar-refractivity contribution in [3.8, 4) is 11.5 Å². The van der Waals surface area contributed by atoms with E-state index in [0.717, 1.165) is 0 Å². The van der Waals surface area contributed by atoms with Crippen LogP contribution in [0.4, 0.5) is 0 Å². The van der Waals surface area contributed by atoms with Crippen LogP contribution in [0, 0.1) is 0 Å². The normalized spacial score (nSPS) is 19.2. The fourth-order valence-electron chi connectivity index (χ4n) is 1.43. The first-order valence-corrected chi connectivity index (χ1v) is 10.0. The number of aliphatic hydroxyl groups excluding tert-OH is 2. The number of hydrogen-bond donors (Lipinski definition) is 4. The van der Waals surface area contributed by atoms with Gasteiger partial charge in [0, 0.05) is 0 Å². The zero-order valence-electron chi connectivity index (χ0n) is 12.9. The molecule has 12 heteroatoms. The minimum Gasteiger partial charge on any atom is -0.480 e. The lowest BCUT2D eigenvalue weighted by molar-refractivity contribution is -0.0350. The van der Waals surface area contributed by atoms with Crippen molar-refractivity contribution in [3.05, 3.63) is 24.3 Å². The van der Waals surface area contributed by atoms with Crippen LogP contribution in [0.2, 0.25) is 0 Å². The average Bonchev–Trinajstić information content (AvgIpc) is 2.42. The molecule has 140 valence electrons. The van der Waals surface area contributed by atoms with Crippen LogP contribution in [0.3, 0.4) is 0 Å². The molecule has 1 aliphatic rings. The summed E-state index contributed by atoms with van der Waals surface area (Å²) in [6, 6.07) is 7.20. The van der Waals surface area contributed by atoms with E-state index in [1.165, 1.54) is 0 Å². The van der Waals surface area contributed by atoms with Gasteiger partial charge in [0.1, 0.15) is 0 Å². The van der Waals surface area contributed by atoms with Gasteiger partial charge in [-0.05, 0) is 12.1 Å². The Labute approximate surface area is 140 Å². The second kappa shape index (κ2) is 9.76. The molecule has 2 rings (SSSR count). The van der Waals surface area contributed by atoms with Crippen molar-refractivity contribution in [2.45, 2.75) is 12.2 Å². The summed E-state index contributed by atoms with van der Waals surface area (Å²) in [5.41, 5.74) is 0. The number of aliphatic hydroxyl groups is 2. The van der Waals surface area contributed by atoms with E-state index in [-0.39, 0.29) is 13.2 Å². The summed E-state index contributed by atoms with van der Waals surface area (Å²) in [6.45, 7) is -0.334. The van der Waals surface area contributed by atoms with Crippen LogP contribution in [0.15, 0.2) is 24.3 Å². The maximum absolute atomic E-state index is 9.19. The molecule has 0 radical (unpaired) electrons. The minimum atomic E-state index is -3.67. The van der Waals surface area contributed by atoms with Gasteiger partial charge in [0.05, 0.1) is 25.7 Å². The molecule has 1 heterocycles. The predicted molar refractivity (Wildman–Crippen MR) is 84.4 cm³/mol. The zero-order chi connectivity index (χ0) is 19.0. The van der Waals surface area contributed by atoms with Crippen LogP contribution < -0.4 is 9.47 Å². The molecular formula is C12H20O10S2. The first-order valence-electron chi connectivity index (χ1n) is 6.34. The van der Waals surface area contributed by atoms with Crippen molar-refractivity contribution in [1.29, 1.82) is 0 Å². The van der Waals surface area contributed by atoms with Crippen molar-refractivity contribution < 1.29 is 45.6 Å². The molecule has 0 unspecified atom stereocenters. The minimum absolute atomic E-state index is 0.167. The quantitative estimate of drug-likeness (QED) is 0.470. The highest BCUT2D eigenvalue weighted by Gasteiger charge is 2.30. The second-order valence-electron chi connectivity index (χ2n) is 4.59. The SMILES string of the molecule is CS(=O)(=O)O.CS(=O)(=O)O.OC[C@@H]1Oc2ccccc2O[C@H]1CO. The molecular weight excluding hydrogens is 368 g/mol. The summed E-state index contributed by atoms with van der Waals surface area (Å²) < 4.78 is 62.6. The van der Waals surface area contributed by atoms with Crippen molar-refractivity contribution in [2.24, 2.45) is 0 Å². The number of para-hydroxylation sites is 2. The molecule has 0 amide bonds. The number of hydrogen-bond acceptors (Lipinski definition) is 8. The lowest BCUT2D eigenvalue weighted by Crippen LogP contribution is -2.44. The topological polar surface area (TPSA) is 168 Å². The lowest BCUT2D eigenvalue weighted by atomic mass is 10.2. The molecule has 1 aliphatic heterocycles. The lowest BCUT2D eigenvalue weighted by Gasteiger charge is -2.31. The summed E-state index contributed by atoms with van der Waals surface area (Å²) in [4.78, 5) is 0. The van der Waals surface area contributed by atoms with Gasteiger partial charge in [-0.2, -0.15) is 16.8 Å². The standard InChI is InChI=1S/C10H12O4.2CH4O3S/c11-5-9-10(6-12)14-8-4-2-1-3-7(8)13-9;2*1-5(2,3)4/h1-4,9-12H,5-6H2;2*1H3,(H,2,3,4)/t9-,10-;;/m0../s1. The number of rotatable bonds is 2. The molecule has 4 N–H and O–H groups in total. The Hall–Kier alpha value is -1.44. The van der Waals surface area contributed by atoms with E-state index in [0.29, 0.717) is 24.0 Å². The van der Waals surface area contributed by atoms with Crippen molar-refractivity contribution in [3.63, 3.8) is 0 Å². The van der Waals surface area contributed by atoms with E-state index in [4.69, 9.17) is 28.8 Å². The first-order chi connectivity index (χ1) is 10.8. The van der Waals surface area contributed by atoms with Crippen molar-refractivity contribution in [1.82, 2.24) is 0 Å². The Morgan fingerprint density at radius 3 is 1.29 bits per heavy atom. The summed E-state index contributed by atoms with van der Waals surface area (Å²) in [5, 5.41) is 18.0. The third-order valence-corrected chi connectivity index (χ3v) is 2.18. The molecule has 0 bridgehead atoms. The van der Waals surface area contributed by atoms with E-state index >= 15 is 0 Å². The van der Waals surface area contributed by atoms with E-state index < -0.39 is 32.4 Å². The molecule has 24 heavy (non-hydrogen) atoms. The third kappa shape index (κ3) is 12.0. The smallest absolute Gasteiger partial charge is 0.261 e. The van der Waals surface area contributed by atoms with Crippen LogP contribution in [0.5, 0.6) is 11.5 Å². The van der Waals surface area contributed by atoms with E-state index in [1.54, 1.807) is 12.1 Å². The Bertz CT molecular complexity index is 621. The van der Waals surface area contributed by atoms with Gasteiger partial charge in [0.2, 0.25) is 0 Å². The van der Waals surface area contributed by atoms with Gasteiger partial charge in [-0.15, -0.1) is 0 Å². The highest BCUT2D eigenvalue weighted by molar-refractivity contribution is 7.85. The Morgan fingerprint density at radius 2 is 1.08 bits per heavy atom. The number of fused-ring (bicyclic) bond motifs is 1. The average molecular weight is 388 g/mol. The monoisotopic (exact) mass is 388 g/mol. The maximum Gasteiger partial charge on any atom is 0.261 e. The van der Waals surface area contributed by atoms with E-state index in [2.05, 4.69) is 0 Å². The fourth-order valence-corrected chi connectivity index (χ4v) is 1.43. The maximum atomic E-state index is 9.19. The van der Waals surface area contributed by atoms with Crippen LogP contribution in [-0.2, 0) is 20.2 Å². The fraction of sp³-hybridized carbons (Fsp3) is 0.500. The molecule has 0 aromatic heterocycles. The first kappa shape index (κ1) is 22.6. The second-order valence-corrected chi connectivity index (χ2v) is 7.52. The van der Waals surface area contributed by atoms with Crippen molar-refractivity contribution in [2.75, 3.05) is 25.7 Å². The van der Waals surface area contributed by atoms with E-state index in [9.17, 15) is 16.8 Å². The van der Waals surface area contributed by atoms with Gasteiger partial charge < -0.3 is 19.7 Å². The summed E-state index contributed by atoms with van der Waals surface area (Å²) in [5.74, 6) is 1.22. The molecule has 1 aromatic rings. The molecule has 0 saturated heterocycles. The molecule has 2 atom stereocenters. The molecule has 0 aliphatic carbocycles. The zero-order valence-corrected chi connectivity index (χ0v) is 14.6. The third-order valence-electron chi connectivity index (χ3n) is 2.18. The van der Waals surface area contributed by atoms with Crippen LogP contribution in [0.1, 0.15) is 0 Å². The molecule has 0 spiro atoms. The van der Waals surface area contributed by atoms with Crippen LogP contribution in [-0.4, -0.2) is 74.1 Å². The summed E-state index contributed by atoms with van der Waals surface area (Å²) >= 11 is 0. The van der Waals surface area contributed by atoms with Gasteiger partial charge in [0.15, 0.2) is 23.7 Å². The summed E-state index contributed by atoms with van der Waals surface area (Å²) in [7, 11) is -7.33. The van der Waals surface area contributed by atoms with Crippen molar-refractivity contribution >= 4 is 20.2 Å². The summed E-state index contributed by atoms with van der Waals surface area (Å²) in [6.07, 6.45) is 0.449. The Balaban J connectivity index is 0.000000442. The molecule has 0 fully saturated rings. The Kier molecular flexibility index (Phi) is 9.17. The Morgan fingerprint density at radius 1 is 0.833 bits per heavy atom. The highest BCUT2D eigenvalue weighted by atomic mass is 32.2. The number of ether oxygens (including phenoxy) is 2. The molecule has 1 aromatic carbocycles. The molecule has 0 saturated carbocycles. The predicted octanol–water partition coefficient (Wildman–Crippen LogP) is -0.812. The van der Waals surface area contributed by atoms with Gasteiger partial charge >= 0.3 is 0 Å². The van der Waals surface area contributed by atoms with Gasteiger partial charge in [-0.1, -0.05) is 12.1 Å². The molecule has 10 nitrogen and oxygen atoms in total.